The van der Waals surface area contributed by atoms with Gasteiger partial charge in [-0.25, -0.2) is 9.97 Å². The fraction of sp³-hybridized carbons (Fsp3) is 0.333. The fourth-order valence-corrected chi connectivity index (χ4v) is 1.96. The molecule has 0 bridgehead atoms. The maximum atomic E-state index is 10.6. The first-order valence-corrected chi connectivity index (χ1v) is 7.16. The molecule has 0 saturated carbocycles. The molecule has 0 aliphatic heterocycles. The van der Waals surface area contributed by atoms with Crippen LogP contribution in [0.1, 0.15) is 32.2 Å². The van der Waals surface area contributed by atoms with Crippen LogP contribution in [0.4, 0.5) is 11.5 Å². The van der Waals surface area contributed by atoms with Gasteiger partial charge in [0.1, 0.15) is 16.8 Å². The van der Waals surface area contributed by atoms with Crippen molar-refractivity contribution < 1.29 is 4.92 Å². The molecule has 2 rings (SSSR count). The standard InChI is InChI=1S/C15H17ClN4O2/c1-15(2,3)14-18-12(16)8-13(19-14)17-9-10-4-6-11(7-5-10)20(21)22/h4-8H,9H2,1-3H3,(H,17,18,19). The highest BCUT2D eigenvalue weighted by Gasteiger charge is 2.18. The Bertz CT molecular complexity index is 681. The number of rotatable bonds is 4. The average Bonchev–Trinajstić information content (AvgIpc) is 2.44. The van der Waals surface area contributed by atoms with Crippen LogP contribution in [0.3, 0.4) is 0 Å². The van der Waals surface area contributed by atoms with Crippen LogP contribution in [0.15, 0.2) is 30.3 Å². The minimum absolute atomic E-state index is 0.0730. The van der Waals surface area contributed by atoms with Gasteiger partial charge in [0.15, 0.2) is 0 Å². The number of hydrogen-bond donors (Lipinski definition) is 1. The summed E-state index contributed by atoms with van der Waals surface area (Å²) in [6.45, 7) is 6.53. The molecule has 0 aliphatic carbocycles. The van der Waals surface area contributed by atoms with Crippen molar-refractivity contribution in [1.82, 2.24) is 9.97 Å². The van der Waals surface area contributed by atoms with Crippen molar-refractivity contribution in [1.29, 1.82) is 0 Å². The quantitative estimate of drug-likeness (QED) is 0.524. The zero-order chi connectivity index (χ0) is 16.3. The van der Waals surface area contributed by atoms with E-state index in [1.54, 1.807) is 18.2 Å². The highest BCUT2D eigenvalue weighted by Crippen LogP contribution is 2.22. The van der Waals surface area contributed by atoms with E-state index in [1.165, 1.54) is 12.1 Å². The van der Waals surface area contributed by atoms with E-state index in [9.17, 15) is 10.1 Å². The molecule has 0 spiro atoms. The highest BCUT2D eigenvalue weighted by molar-refractivity contribution is 6.29. The maximum absolute atomic E-state index is 10.6. The van der Waals surface area contributed by atoms with E-state index in [0.717, 1.165) is 5.56 Å². The van der Waals surface area contributed by atoms with Crippen LogP contribution in [-0.4, -0.2) is 14.9 Å². The van der Waals surface area contributed by atoms with Crippen molar-refractivity contribution in [3.63, 3.8) is 0 Å². The number of benzene rings is 1. The van der Waals surface area contributed by atoms with Crippen molar-refractivity contribution in [3.05, 3.63) is 57.0 Å². The molecular weight excluding hydrogens is 304 g/mol. The minimum atomic E-state index is -0.420. The van der Waals surface area contributed by atoms with Gasteiger partial charge >= 0.3 is 0 Å². The summed E-state index contributed by atoms with van der Waals surface area (Å²) in [5, 5.41) is 14.2. The summed E-state index contributed by atoms with van der Waals surface area (Å²) in [4.78, 5) is 18.9. The first-order valence-electron chi connectivity index (χ1n) is 6.78. The minimum Gasteiger partial charge on any atom is -0.366 e. The summed E-state index contributed by atoms with van der Waals surface area (Å²) >= 11 is 6.03. The Kier molecular flexibility index (Phi) is 4.61. The Morgan fingerprint density at radius 2 is 1.86 bits per heavy atom. The van der Waals surface area contributed by atoms with Gasteiger partial charge in [-0.3, -0.25) is 10.1 Å². The van der Waals surface area contributed by atoms with Crippen molar-refractivity contribution in [2.75, 3.05) is 5.32 Å². The topological polar surface area (TPSA) is 81.0 Å². The molecule has 6 nitrogen and oxygen atoms in total. The third-order valence-corrected chi connectivity index (χ3v) is 3.18. The Morgan fingerprint density at radius 3 is 2.41 bits per heavy atom. The number of hydrogen-bond acceptors (Lipinski definition) is 5. The normalized spacial score (nSPS) is 11.3. The zero-order valence-corrected chi connectivity index (χ0v) is 13.4. The molecule has 2 aromatic rings. The summed E-state index contributed by atoms with van der Waals surface area (Å²) in [5.74, 6) is 1.29. The van der Waals surface area contributed by atoms with Gasteiger partial charge in [-0.1, -0.05) is 44.5 Å². The summed E-state index contributed by atoms with van der Waals surface area (Å²) in [7, 11) is 0. The summed E-state index contributed by atoms with van der Waals surface area (Å²) in [6.07, 6.45) is 0. The Morgan fingerprint density at radius 1 is 1.23 bits per heavy atom. The van der Waals surface area contributed by atoms with E-state index in [1.807, 2.05) is 20.8 Å². The molecule has 0 saturated heterocycles. The van der Waals surface area contributed by atoms with Crippen LogP contribution >= 0.6 is 11.6 Å². The average molecular weight is 321 g/mol. The summed E-state index contributed by atoms with van der Waals surface area (Å²) in [5.41, 5.74) is 0.788. The Balaban J connectivity index is 2.11. The number of non-ortho nitro benzene ring substituents is 1. The van der Waals surface area contributed by atoms with Crippen LogP contribution in [0.25, 0.3) is 0 Å². The summed E-state index contributed by atoms with van der Waals surface area (Å²) < 4.78 is 0. The molecule has 0 unspecified atom stereocenters. The molecule has 7 heteroatoms. The molecule has 1 heterocycles. The molecule has 0 amide bonds. The fourth-order valence-electron chi connectivity index (χ4n) is 1.77. The van der Waals surface area contributed by atoms with Gasteiger partial charge < -0.3 is 5.32 Å². The van der Waals surface area contributed by atoms with E-state index in [4.69, 9.17) is 11.6 Å². The second-order valence-electron chi connectivity index (χ2n) is 5.93. The van der Waals surface area contributed by atoms with E-state index < -0.39 is 4.92 Å². The summed E-state index contributed by atoms with van der Waals surface area (Å²) in [6, 6.07) is 8.02. The highest BCUT2D eigenvalue weighted by atomic mass is 35.5. The van der Waals surface area contributed by atoms with Crippen molar-refractivity contribution in [2.24, 2.45) is 0 Å². The predicted octanol–water partition coefficient (Wildman–Crippen LogP) is 3.95. The number of anilines is 1. The van der Waals surface area contributed by atoms with Crippen LogP contribution in [0.5, 0.6) is 0 Å². The first-order chi connectivity index (χ1) is 10.3. The molecule has 1 N–H and O–H groups in total. The van der Waals surface area contributed by atoms with Crippen LogP contribution in [-0.2, 0) is 12.0 Å². The predicted molar refractivity (Wildman–Crippen MR) is 86.2 cm³/mol. The number of nitro groups is 1. The van der Waals surface area contributed by atoms with Gasteiger partial charge in [-0.15, -0.1) is 0 Å². The maximum Gasteiger partial charge on any atom is 0.269 e. The van der Waals surface area contributed by atoms with Gasteiger partial charge in [0.25, 0.3) is 5.69 Å². The van der Waals surface area contributed by atoms with E-state index in [-0.39, 0.29) is 11.1 Å². The number of aromatic nitrogens is 2. The van der Waals surface area contributed by atoms with E-state index in [0.29, 0.717) is 23.3 Å². The number of nitrogens with one attached hydrogen (secondary N) is 1. The third-order valence-electron chi connectivity index (χ3n) is 2.99. The number of nitrogens with zero attached hydrogens (tertiary/aromatic N) is 3. The van der Waals surface area contributed by atoms with Crippen LogP contribution in [0, 0.1) is 10.1 Å². The second-order valence-corrected chi connectivity index (χ2v) is 6.31. The second kappa shape index (κ2) is 6.27. The number of halogens is 1. The molecule has 0 radical (unpaired) electrons. The Labute approximate surface area is 133 Å². The van der Waals surface area contributed by atoms with Crippen molar-refractivity contribution >= 4 is 23.1 Å². The lowest BCUT2D eigenvalue weighted by Gasteiger charge is -2.17. The number of nitro benzene ring substituents is 1. The largest absolute Gasteiger partial charge is 0.366 e. The van der Waals surface area contributed by atoms with Crippen molar-refractivity contribution in [3.8, 4) is 0 Å². The van der Waals surface area contributed by atoms with E-state index in [2.05, 4.69) is 15.3 Å². The molecule has 1 aromatic carbocycles. The lowest BCUT2D eigenvalue weighted by molar-refractivity contribution is -0.384. The van der Waals surface area contributed by atoms with Gasteiger partial charge in [0.2, 0.25) is 0 Å². The zero-order valence-electron chi connectivity index (χ0n) is 12.6. The molecule has 116 valence electrons. The molecule has 0 atom stereocenters. The van der Waals surface area contributed by atoms with Crippen molar-refractivity contribution in [2.45, 2.75) is 32.7 Å². The van der Waals surface area contributed by atoms with Crippen LogP contribution < -0.4 is 5.32 Å². The van der Waals surface area contributed by atoms with E-state index >= 15 is 0 Å². The van der Waals surface area contributed by atoms with Gasteiger partial charge in [0, 0.05) is 30.2 Å². The molecule has 1 aromatic heterocycles. The smallest absolute Gasteiger partial charge is 0.269 e. The van der Waals surface area contributed by atoms with Gasteiger partial charge in [0.05, 0.1) is 4.92 Å². The lowest BCUT2D eigenvalue weighted by atomic mass is 9.96. The Hall–Kier alpha value is -2.21. The van der Waals surface area contributed by atoms with Gasteiger partial charge in [-0.2, -0.15) is 0 Å². The lowest BCUT2D eigenvalue weighted by Crippen LogP contribution is -2.17. The SMILES string of the molecule is CC(C)(C)c1nc(Cl)cc(NCc2ccc([N+](=O)[O-])cc2)n1. The first kappa shape index (κ1) is 16.2. The molecule has 0 aliphatic rings. The van der Waals surface area contributed by atoms with Crippen LogP contribution in [0.2, 0.25) is 5.15 Å². The molecule has 22 heavy (non-hydrogen) atoms. The third kappa shape index (κ3) is 4.14. The molecular formula is C15H17ClN4O2. The van der Waals surface area contributed by atoms with Gasteiger partial charge in [-0.05, 0) is 5.56 Å². The molecule has 0 fully saturated rings. The monoisotopic (exact) mass is 320 g/mol.